The number of aryl methyl sites for hydroxylation is 1. The first-order valence-electron chi connectivity index (χ1n) is 10.4. The Morgan fingerprint density at radius 2 is 1.96 bits per heavy atom. The topological polar surface area (TPSA) is 54.5 Å². The second-order valence-electron chi connectivity index (χ2n) is 8.41. The van der Waals surface area contributed by atoms with Gasteiger partial charge in [0.25, 0.3) is 0 Å². The van der Waals surface area contributed by atoms with E-state index in [1.807, 2.05) is 4.90 Å². The maximum absolute atomic E-state index is 13.4. The molecule has 152 valence electrons. The van der Waals surface area contributed by atoms with Gasteiger partial charge in [-0.25, -0.2) is 8.42 Å². The molecule has 1 aliphatic carbocycles. The average Bonchev–Trinajstić information content (AvgIpc) is 3.22. The van der Waals surface area contributed by atoms with Gasteiger partial charge in [0.15, 0.2) is 9.84 Å². The summed E-state index contributed by atoms with van der Waals surface area (Å²) in [6.07, 6.45) is 8.62. The number of hydrogen-bond acceptors (Lipinski definition) is 4. The first-order chi connectivity index (χ1) is 12.9. The van der Waals surface area contributed by atoms with Crippen LogP contribution in [0.2, 0.25) is 0 Å². The molecule has 1 aliphatic heterocycles. The number of nitrogens with zero attached hydrogens (tertiary/aromatic N) is 1. The maximum Gasteiger partial charge on any atom is 0.226 e. The van der Waals surface area contributed by atoms with Crippen LogP contribution in [0, 0.1) is 18.8 Å². The van der Waals surface area contributed by atoms with E-state index in [1.54, 1.807) is 11.3 Å². The summed E-state index contributed by atoms with van der Waals surface area (Å²) in [5.41, 5.74) is 1.20. The highest BCUT2D eigenvalue weighted by Crippen LogP contribution is 2.35. The summed E-state index contributed by atoms with van der Waals surface area (Å²) in [6, 6.07) is 1.93. The molecule has 0 spiro atoms. The average molecular weight is 412 g/mol. The van der Waals surface area contributed by atoms with Crippen LogP contribution < -0.4 is 0 Å². The third-order valence-corrected chi connectivity index (χ3v) is 9.13. The van der Waals surface area contributed by atoms with Crippen molar-refractivity contribution in [2.45, 2.75) is 77.8 Å². The predicted molar refractivity (Wildman–Crippen MR) is 112 cm³/mol. The first kappa shape index (κ1) is 20.8. The highest BCUT2D eigenvalue weighted by Gasteiger charge is 2.38. The van der Waals surface area contributed by atoms with E-state index in [0.29, 0.717) is 13.0 Å². The zero-order valence-electron chi connectivity index (χ0n) is 16.7. The van der Waals surface area contributed by atoms with Crippen LogP contribution in [0.3, 0.4) is 0 Å². The molecule has 1 atom stereocenters. The van der Waals surface area contributed by atoms with Gasteiger partial charge in [0.05, 0.1) is 18.1 Å². The molecule has 0 aromatic carbocycles. The SMILES string of the molecule is CCCCC1CCC(C(=O)N(Cc2sccc2C)[C@@H]2CCS(=O)(=O)C2)CC1. The minimum absolute atomic E-state index is 0.0754. The number of unbranched alkanes of at least 4 members (excludes halogenated alkanes) is 1. The molecule has 2 aliphatic rings. The molecule has 1 saturated carbocycles. The lowest BCUT2D eigenvalue weighted by Crippen LogP contribution is -2.44. The molecule has 1 aromatic rings. The Kier molecular flexibility index (Phi) is 7.01. The van der Waals surface area contributed by atoms with Crippen LogP contribution in [0.5, 0.6) is 0 Å². The molecule has 1 saturated heterocycles. The van der Waals surface area contributed by atoms with E-state index in [2.05, 4.69) is 25.3 Å². The third kappa shape index (κ3) is 5.35. The molecule has 27 heavy (non-hydrogen) atoms. The van der Waals surface area contributed by atoms with Crippen molar-refractivity contribution in [2.24, 2.45) is 11.8 Å². The van der Waals surface area contributed by atoms with Gasteiger partial charge in [-0.2, -0.15) is 0 Å². The van der Waals surface area contributed by atoms with E-state index in [0.717, 1.165) is 31.6 Å². The molecule has 3 rings (SSSR count). The predicted octanol–water partition coefficient (Wildman–Crippen LogP) is 4.57. The number of carbonyl (C=O) groups is 1. The van der Waals surface area contributed by atoms with Gasteiger partial charge < -0.3 is 4.90 Å². The fourth-order valence-corrected chi connectivity index (χ4v) is 7.19. The molecule has 6 heteroatoms. The van der Waals surface area contributed by atoms with Crippen LogP contribution in [0.4, 0.5) is 0 Å². The standard InChI is InChI=1S/C21H33NO3S2/c1-3-4-5-17-6-8-18(9-7-17)21(23)22(14-20-16(2)10-12-26-20)19-11-13-27(24,25)15-19/h10,12,17-19H,3-9,11,13-15H2,1-2H3/t17?,18?,19-/m1/s1. The first-order valence-corrected chi connectivity index (χ1v) is 13.1. The highest BCUT2D eigenvalue weighted by atomic mass is 32.2. The van der Waals surface area contributed by atoms with Gasteiger partial charge in [0, 0.05) is 16.8 Å². The van der Waals surface area contributed by atoms with Crippen molar-refractivity contribution in [3.63, 3.8) is 0 Å². The minimum atomic E-state index is -3.00. The lowest BCUT2D eigenvalue weighted by molar-refractivity contribution is -0.139. The molecule has 0 unspecified atom stereocenters. The Bertz CT molecular complexity index is 732. The number of sulfone groups is 1. The lowest BCUT2D eigenvalue weighted by atomic mass is 9.79. The largest absolute Gasteiger partial charge is 0.333 e. The quantitative estimate of drug-likeness (QED) is 0.660. The van der Waals surface area contributed by atoms with Crippen LogP contribution in [-0.4, -0.2) is 36.8 Å². The molecular formula is C21H33NO3S2. The molecule has 2 heterocycles. The van der Waals surface area contributed by atoms with Gasteiger partial charge in [-0.3, -0.25) is 4.79 Å². The van der Waals surface area contributed by atoms with E-state index >= 15 is 0 Å². The number of carbonyl (C=O) groups excluding carboxylic acids is 1. The van der Waals surface area contributed by atoms with Crippen LogP contribution in [-0.2, 0) is 21.2 Å². The molecule has 0 bridgehead atoms. The molecule has 1 amide bonds. The third-order valence-electron chi connectivity index (χ3n) is 6.38. The Morgan fingerprint density at radius 1 is 1.22 bits per heavy atom. The molecule has 4 nitrogen and oxygen atoms in total. The van der Waals surface area contributed by atoms with Gasteiger partial charge in [0.1, 0.15) is 0 Å². The second kappa shape index (κ2) is 9.08. The van der Waals surface area contributed by atoms with Crippen LogP contribution in [0.1, 0.15) is 68.7 Å². The van der Waals surface area contributed by atoms with Gasteiger partial charge >= 0.3 is 0 Å². The highest BCUT2D eigenvalue weighted by molar-refractivity contribution is 7.91. The van der Waals surface area contributed by atoms with Gasteiger partial charge in [0.2, 0.25) is 5.91 Å². The zero-order chi connectivity index (χ0) is 19.4. The van der Waals surface area contributed by atoms with E-state index < -0.39 is 9.84 Å². The van der Waals surface area contributed by atoms with Crippen molar-refractivity contribution in [2.75, 3.05) is 11.5 Å². The number of hydrogen-bond donors (Lipinski definition) is 0. The van der Waals surface area contributed by atoms with E-state index in [9.17, 15) is 13.2 Å². The van der Waals surface area contributed by atoms with E-state index in [4.69, 9.17) is 0 Å². The molecule has 0 radical (unpaired) electrons. The molecule has 2 fully saturated rings. The Balaban J connectivity index is 1.69. The fourth-order valence-electron chi connectivity index (χ4n) is 4.55. The second-order valence-corrected chi connectivity index (χ2v) is 11.6. The number of rotatable bonds is 7. The monoisotopic (exact) mass is 411 g/mol. The Hall–Kier alpha value is -0.880. The molecular weight excluding hydrogens is 378 g/mol. The number of thiophene rings is 1. The van der Waals surface area contributed by atoms with Crippen molar-refractivity contribution < 1.29 is 13.2 Å². The van der Waals surface area contributed by atoms with Gasteiger partial charge in [-0.1, -0.05) is 26.2 Å². The van der Waals surface area contributed by atoms with Gasteiger partial charge in [-0.15, -0.1) is 11.3 Å². The normalized spacial score (nSPS) is 27.6. The van der Waals surface area contributed by atoms with Crippen molar-refractivity contribution in [1.29, 1.82) is 0 Å². The van der Waals surface area contributed by atoms with E-state index in [-0.39, 0.29) is 29.4 Å². The summed E-state index contributed by atoms with van der Waals surface area (Å²) in [7, 11) is -3.00. The Labute approximate surface area is 168 Å². The molecule has 0 N–H and O–H groups in total. The summed E-state index contributed by atoms with van der Waals surface area (Å²) in [5.74, 6) is 1.39. The summed E-state index contributed by atoms with van der Waals surface area (Å²) in [6.45, 7) is 4.87. The zero-order valence-corrected chi connectivity index (χ0v) is 18.3. The van der Waals surface area contributed by atoms with Crippen molar-refractivity contribution in [1.82, 2.24) is 4.90 Å². The lowest BCUT2D eigenvalue weighted by Gasteiger charge is -2.35. The maximum atomic E-state index is 13.4. The van der Waals surface area contributed by atoms with Crippen LogP contribution in [0.25, 0.3) is 0 Å². The van der Waals surface area contributed by atoms with Crippen molar-refractivity contribution in [3.8, 4) is 0 Å². The Morgan fingerprint density at radius 3 is 2.52 bits per heavy atom. The van der Waals surface area contributed by atoms with Crippen molar-refractivity contribution in [3.05, 3.63) is 21.9 Å². The number of amides is 1. The smallest absolute Gasteiger partial charge is 0.226 e. The van der Waals surface area contributed by atoms with Crippen molar-refractivity contribution >= 4 is 27.1 Å². The fraction of sp³-hybridized carbons (Fsp3) is 0.762. The molecule has 1 aromatic heterocycles. The van der Waals surface area contributed by atoms with E-state index in [1.165, 1.54) is 29.7 Å². The van der Waals surface area contributed by atoms with Gasteiger partial charge in [-0.05, 0) is 62.0 Å². The minimum Gasteiger partial charge on any atom is -0.333 e. The summed E-state index contributed by atoms with van der Waals surface area (Å²) >= 11 is 1.67. The van der Waals surface area contributed by atoms with Crippen LogP contribution in [0.15, 0.2) is 11.4 Å². The summed E-state index contributed by atoms with van der Waals surface area (Å²) in [5, 5.41) is 2.05. The summed E-state index contributed by atoms with van der Waals surface area (Å²) < 4.78 is 24.0. The summed E-state index contributed by atoms with van der Waals surface area (Å²) in [4.78, 5) is 16.5. The van der Waals surface area contributed by atoms with Crippen LogP contribution >= 0.6 is 11.3 Å².